The Balaban J connectivity index is 1.80. The third kappa shape index (κ3) is 4.74. The Kier molecular flexibility index (Phi) is 7.35. The minimum absolute atomic E-state index is 0.275. The van der Waals surface area contributed by atoms with E-state index >= 15 is 0 Å². The Bertz CT molecular complexity index is 618. The molecule has 27 heavy (non-hydrogen) atoms. The Labute approximate surface area is 166 Å². The molecule has 3 rings (SSSR count). The third-order valence-electron chi connectivity index (χ3n) is 6.74. The van der Waals surface area contributed by atoms with Crippen LogP contribution in [0.2, 0.25) is 0 Å². The van der Waals surface area contributed by atoms with Crippen LogP contribution in [0.1, 0.15) is 95.6 Å². The highest BCUT2D eigenvalue weighted by Crippen LogP contribution is 2.44. The van der Waals surface area contributed by atoms with E-state index in [-0.39, 0.29) is 5.60 Å². The summed E-state index contributed by atoms with van der Waals surface area (Å²) in [6, 6.07) is 9.54. The van der Waals surface area contributed by atoms with Gasteiger partial charge in [-0.05, 0) is 48.8 Å². The summed E-state index contributed by atoms with van der Waals surface area (Å²) >= 11 is 0. The predicted octanol–water partition coefficient (Wildman–Crippen LogP) is 7.61. The number of rotatable bonds is 9. The molecule has 0 heterocycles. The second kappa shape index (κ2) is 9.73. The van der Waals surface area contributed by atoms with E-state index in [0.29, 0.717) is 5.41 Å². The van der Waals surface area contributed by atoms with Crippen molar-refractivity contribution in [1.82, 2.24) is 0 Å². The zero-order valence-corrected chi connectivity index (χ0v) is 17.5. The summed E-state index contributed by atoms with van der Waals surface area (Å²) in [6.45, 7) is 5.13. The Morgan fingerprint density at radius 2 is 1.59 bits per heavy atom. The van der Waals surface area contributed by atoms with Gasteiger partial charge in [0.2, 0.25) is 0 Å². The molecular formula is C26H38O. The highest BCUT2D eigenvalue weighted by Gasteiger charge is 2.35. The first-order valence-corrected chi connectivity index (χ1v) is 11.3. The van der Waals surface area contributed by atoms with Crippen molar-refractivity contribution in [3.8, 4) is 0 Å². The van der Waals surface area contributed by atoms with Crippen molar-refractivity contribution in [1.29, 1.82) is 0 Å². The molecule has 1 saturated carbocycles. The molecule has 0 bridgehead atoms. The summed E-state index contributed by atoms with van der Waals surface area (Å²) in [6.07, 6.45) is 23.4. The van der Waals surface area contributed by atoms with E-state index in [1.807, 2.05) is 0 Å². The molecule has 1 heteroatoms. The van der Waals surface area contributed by atoms with Gasteiger partial charge in [-0.2, -0.15) is 0 Å². The molecule has 0 spiro atoms. The van der Waals surface area contributed by atoms with Gasteiger partial charge >= 0.3 is 0 Å². The van der Waals surface area contributed by atoms with Crippen molar-refractivity contribution >= 4 is 0 Å². The van der Waals surface area contributed by atoms with Crippen molar-refractivity contribution in [3.05, 3.63) is 59.7 Å². The van der Waals surface area contributed by atoms with Gasteiger partial charge in [-0.25, -0.2) is 0 Å². The summed E-state index contributed by atoms with van der Waals surface area (Å²) in [4.78, 5) is 0. The van der Waals surface area contributed by atoms with Crippen LogP contribution in [0.4, 0.5) is 0 Å². The van der Waals surface area contributed by atoms with E-state index in [1.54, 1.807) is 5.56 Å². The Morgan fingerprint density at radius 1 is 0.852 bits per heavy atom. The lowest BCUT2D eigenvalue weighted by molar-refractivity contribution is -0.00334. The van der Waals surface area contributed by atoms with Crippen molar-refractivity contribution in [2.24, 2.45) is 0 Å². The van der Waals surface area contributed by atoms with E-state index in [1.165, 1.54) is 69.8 Å². The lowest BCUT2D eigenvalue weighted by Gasteiger charge is -2.39. The fraction of sp³-hybridized carbons (Fsp3) is 0.615. The molecule has 1 nitrogen and oxygen atoms in total. The van der Waals surface area contributed by atoms with Crippen LogP contribution in [0.5, 0.6) is 0 Å². The number of benzene rings is 1. The first kappa shape index (κ1) is 20.4. The maximum Gasteiger partial charge on any atom is 0.115 e. The van der Waals surface area contributed by atoms with Gasteiger partial charge in [0.1, 0.15) is 5.60 Å². The van der Waals surface area contributed by atoms with Crippen LogP contribution in [0, 0.1) is 0 Å². The van der Waals surface area contributed by atoms with Gasteiger partial charge in [-0.1, -0.05) is 94.4 Å². The highest BCUT2D eigenvalue weighted by atomic mass is 16.5. The van der Waals surface area contributed by atoms with Crippen LogP contribution < -0.4 is 0 Å². The van der Waals surface area contributed by atoms with Crippen LogP contribution in [-0.4, -0.2) is 6.61 Å². The Hall–Kier alpha value is -1.34. The summed E-state index contributed by atoms with van der Waals surface area (Å²) in [7, 11) is 0. The monoisotopic (exact) mass is 366 g/mol. The summed E-state index contributed by atoms with van der Waals surface area (Å²) < 4.78 is 6.22. The molecule has 0 amide bonds. The molecule has 0 aromatic heterocycles. The quantitative estimate of drug-likeness (QED) is 0.409. The fourth-order valence-corrected chi connectivity index (χ4v) is 5.17. The van der Waals surface area contributed by atoms with Gasteiger partial charge in [-0.3, -0.25) is 0 Å². The molecule has 0 N–H and O–H groups in total. The standard InChI is InChI=1S/C26H38O/c1-3-5-6-9-18-25(19-10-7-11-20-25)23-14-16-24(17-15-23)26(27-4-2)21-12-8-13-22-26/h8,12-17,21H,3-7,9-11,18-20,22H2,1-2H3. The smallest absolute Gasteiger partial charge is 0.115 e. The first-order chi connectivity index (χ1) is 13.2. The van der Waals surface area contributed by atoms with Crippen LogP contribution in [0.15, 0.2) is 48.6 Å². The van der Waals surface area contributed by atoms with Crippen LogP contribution in [0.3, 0.4) is 0 Å². The van der Waals surface area contributed by atoms with Gasteiger partial charge < -0.3 is 4.74 Å². The van der Waals surface area contributed by atoms with Crippen molar-refractivity contribution in [3.63, 3.8) is 0 Å². The largest absolute Gasteiger partial charge is 0.366 e. The minimum Gasteiger partial charge on any atom is -0.366 e. The maximum atomic E-state index is 6.22. The SMILES string of the molecule is CCCCCCC1(c2ccc(C3(OCC)C=CC=CC3)cc2)CCCCC1. The van der Waals surface area contributed by atoms with Crippen LogP contribution >= 0.6 is 0 Å². The number of hydrogen-bond acceptors (Lipinski definition) is 1. The molecule has 1 unspecified atom stereocenters. The molecule has 0 radical (unpaired) electrons. The first-order valence-electron chi connectivity index (χ1n) is 11.3. The van der Waals surface area contributed by atoms with Gasteiger partial charge in [0.15, 0.2) is 0 Å². The normalized spacial score (nSPS) is 24.2. The highest BCUT2D eigenvalue weighted by molar-refractivity contribution is 5.37. The lowest BCUT2D eigenvalue weighted by Crippen LogP contribution is -2.30. The summed E-state index contributed by atoms with van der Waals surface area (Å²) in [5.41, 5.74) is 3.02. The van der Waals surface area contributed by atoms with E-state index in [0.717, 1.165) is 13.0 Å². The lowest BCUT2D eigenvalue weighted by atomic mass is 9.66. The molecule has 1 aromatic rings. The van der Waals surface area contributed by atoms with E-state index < -0.39 is 0 Å². The number of allylic oxidation sites excluding steroid dienone is 2. The second-order valence-electron chi connectivity index (χ2n) is 8.54. The molecule has 148 valence electrons. The molecule has 0 saturated heterocycles. The van der Waals surface area contributed by atoms with Crippen molar-refractivity contribution in [2.75, 3.05) is 6.61 Å². The van der Waals surface area contributed by atoms with Crippen LogP contribution in [-0.2, 0) is 15.8 Å². The van der Waals surface area contributed by atoms with Gasteiger partial charge in [0, 0.05) is 13.0 Å². The number of ether oxygens (including phenoxy) is 1. The molecule has 0 aliphatic heterocycles. The average Bonchev–Trinajstić information content (AvgIpc) is 2.73. The topological polar surface area (TPSA) is 9.23 Å². The average molecular weight is 367 g/mol. The van der Waals surface area contributed by atoms with Gasteiger partial charge in [-0.15, -0.1) is 0 Å². The molecule has 2 aliphatic rings. The van der Waals surface area contributed by atoms with Gasteiger partial charge in [0.25, 0.3) is 0 Å². The molecular weight excluding hydrogens is 328 g/mol. The van der Waals surface area contributed by atoms with Crippen molar-refractivity contribution < 1.29 is 4.74 Å². The third-order valence-corrected chi connectivity index (χ3v) is 6.74. The molecule has 1 fully saturated rings. The zero-order valence-electron chi connectivity index (χ0n) is 17.5. The Morgan fingerprint density at radius 3 is 2.22 bits per heavy atom. The van der Waals surface area contributed by atoms with Crippen LogP contribution in [0.25, 0.3) is 0 Å². The van der Waals surface area contributed by atoms with E-state index in [4.69, 9.17) is 4.74 Å². The van der Waals surface area contributed by atoms with E-state index in [9.17, 15) is 0 Å². The maximum absolute atomic E-state index is 6.22. The number of hydrogen-bond donors (Lipinski definition) is 0. The minimum atomic E-state index is -0.275. The number of unbranched alkanes of at least 4 members (excludes halogenated alkanes) is 3. The zero-order chi connectivity index (χ0) is 19.0. The predicted molar refractivity (Wildman–Crippen MR) is 116 cm³/mol. The second-order valence-corrected chi connectivity index (χ2v) is 8.54. The summed E-state index contributed by atoms with van der Waals surface area (Å²) in [5.74, 6) is 0. The molecule has 2 aliphatic carbocycles. The van der Waals surface area contributed by atoms with Gasteiger partial charge in [0.05, 0.1) is 0 Å². The van der Waals surface area contributed by atoms with E-state index in [2.05, 4.69) is 62.4 Å². The molecule has 1 atom stereocenters. The fourth-order valence-electron chi connectivity index (χ4n) is 5.17. The molecule has 1 aromatic carbocycles. The van der Waals surface area contributed by atoms with Crippen molar-refractivity contribution in [2.45, 2.75) is 95.5 Å². The summed E-state index contributed by atoms with van der Waals surface area (Å²) in [5, 5.41) is 0.